The van der Waals surface area contributed by atoms with Crippen LogP contribution in [0.5, 0.6) is 5.75 Å². The van der Waals surface area contributed by atoms with Crippen LogP contribution >= 0.6 is 15.9 Å². The minimum atomic E-state index is -3.96. The van der Waals surface area contributed by atoms with Crippen LogP contribution in [0.4, 0.5) is 5.69 Å². The van der Waals surface area contributed by atoms with Crippen molar-refractivity contribution in [1.29, 1.82) is 0 Å². The van der Waals surface area contributed by atoms with Gasteiger partial charge in [-0.1, -0.05) is 40.2 Å². The molecule has 0 heterocycles. The zero-order valence-corrected chi connectivity index (χ0v) is 19.0. The lowest BCUT2D eigenvalue weighted by atomic mass is 10.2. The number of sulfonamides is 1. The molecule has 0 fully saturated rings. The smallest absolute Gasteiger partial charge is 0.264 e. The van der Waals surface area contributed by atoms with Crippen molar-refractivity contribution in [1.82, 2.24) is 5.43 Å². The summed E-state index contributed by atoms with van der Waals surface area (Å²) in [4.78, 5) is 12.6. The van der Waals surface area contributed by atoms with Gasteiger partial charge in [-0.2, -0.15) is 5.10 Å². The molecule has 0 spiro atoms. The second-order valence-corrected chi connectivity index (χ2v) is 9.15. The Bertz CT molecular complexity index is 1170. The zero-order valence-electron chi connectivity index (χ0n) is 16.6. The number of methoxy groups -OCH3 is 1. The predicted octanol–water partition coefficient (Wildman–Crippen LogP) is 3.80. The van der Waals surface area contributed by atoms with E-state index in [1.165, 1.54) is 18.3 Å². The molecular weight excluding hydrogens is 482 g/mol. The highest BCUT2D eigenvalue weighted by atomic mass is 79.9. The van der Waals surface area contributed by atoms with Crippen LogP contribution in [-0.2, 0) is 14.8 Å². The van der Waals surface area contributed by atoms with Crippen LogP contribution in [0.15, 0.2) is 93.3 Å². The van der Waals surface area contributed by atoms with Gasteiger partial charge in [0.15, 0.2) is 0 Å². The highest BCUT2D eigenvalue weighted by molar-refractivity contribution is 9.10. The molecule has 0 radical (unpaired) electrons. The van der Waals surface area contributed by atoms with Gasteiger partial charge in [0.1, 0.15) is 12.3 Å². The molecule has 1 N–H and O–H groups in total. The van der Waals surface area contributed by atoms with E-state index in [0.717, 1.165) is 9.87 Å². The molecule has 0 aliphatic heterocycles. The molecule has 0 saturated carbocycles. The Morgan fingerprint density at radius 2 is 1.77 bits per heavy atom. The Balaban J connectivity index is 1.79. The maximum absolute atomic E-state index is 13.2. The maximum atomic E-state index is 13.2. The van der Waals surface area contributed by atoms with Crippen molar-refractivity contribution in [3.63, 3.8) is 0 Å². The molecule has 160 valence electrons. The molecule has 0 saturated heterocycles. The summed E-state index contributed by atoms with van der Waals surface area (Å²) in [5.74, 6) is 0.126. The first-order valence-corrected chi connectivity index (χ1v) is 11.4. The van der Waals surface area contributed by atoms with Crippen molar-refractivity contribution in [3.05, 3.63) is 88.9 Å². The largest absolute Gasteiger partial charge is 0.497 e. The molecule has 0 aliphatic rings. The van der Waals surface area contributed by atoms with Gasteiger partial charge in [0.2, 0.25) is 0 Å². The molecule has 0 aromatic heterocycles. The van der Waals surface area contributed by atoms with Crippen LogP contribution in [0.1, 0.15) is 5.56 Å². The van der Waals surface area contributed by atoms with E-state index < -0.39 is 22.5 Å². The lowest BCUT2D eigenvalue weighted by Gasteiger charge is -2.23. The lowest BCUT2D eigenvalue weighted by Crippen LogP contribution is -2.39. The number of nitrogens with zero attached hydrogens (tertiary/aromatic N) is 2. The molecule has 0 unspecified atom stereocenters. The standard InChI is InChI=1S/C22H20BrN3O4S/c1-30-20-12-10-17(11-13-20)15-24-25-22(27)16-26(19-7-5-6-18(23)14-19)31(28,29)21-8-3-2-4-9-21/h2-15H,16H2,1H3,(H,25,27)/b24-15+. The van der Waals surface area contributed by atoms with Crippen molar-refractivity contribution in [2.24, 2.45) is 5.10 Å². The first-order valence-electron chi connectivity index (χ1n) is 9.19. The molecule has 3 aromatic rings. The van der Waals surface area contributed by atoms with Gasteiger partial charge >= 0.3 is 0 Å². The summed E-state index contributed by atoms with van der Waals surface area (Å²) in [6, 6.07) is 21.8. The molecule has 31 heavy (non-hydrogen) atoms. The monoisotopic (exact) mass is 501 g/mol. The van der Waals surface area contributed by atoms with E-state index in [1.54, 1.807) is 73.8 Å². The second kappa shape index (κ2) is 10.2. The molecule has 3 rings (SSSR count). The van der Waals surface area contributed by atoms with Gasteiger partial charge in [-0.05, 0) is 60.2 Å². The van der Waals surface area contributed by atoms with Crippen molar-refractivity contribution in [2.75, 3.05) is 18.0 Å². The molecule has 3 aromatic carbocycles. The number of ether oxygens (including phenoxy) is 1. The van der Waals surface area contributed by atoms with Crippen LogP contribution in [0.3, 0.4) is 0 Å². The molecule has 9 heteroatoms. The van der Waals surface area contributed by atoms with Crippen molar-refractivity contribution in [2.45, 2.75) is 4.90 Å². The van der Waals surface area contributed by atoms with Gasteiger partial charge in [-0.25, -0.2) is 13.8 Å². The average molecular weight is 502 g/mol. The number of hydrazone groups is 1. The summed E-state index contributed by atoms with van der Waals surface area (Å²) >= 11 is 3.34. The number of carbonyl (C=O) groups is 1. The first-order chi connectivity index (χ1) is 14.9. The predicted molar refractivity (Wildman–Crippen MR) is 124 cm³/mol. The third-order valence-corrected chi connectivity index (χ3v) is 6.51. The van der Waals surface area contributed by atoms with E-state index in [0.29, 0.717) is 15.9 Å². The number of halogens is 1. The van der Waals surface area contributed by atoms with Crippen LogP contribution < -0.4 is 14.5 Å². The Morgan fingerprint density at radius 3 is 2.42 bits per heavy atom. The summed E-state index contributed by atoms with van der Waals surface area (Å²) in [7, 11) is -2.39. The summed E-state index contributed by atoms with van der Waals surface area (Å²) < 4.78 is 33.3. The van der Waals surface area contributed by atoms with Gasteiger partial charge in [0, 0.05) is 4.47 Å². The second-order valence-electron chi connectivity index (χ2n) is 6.37. The van der Waals surface area contributed by atoms with Crippen molar-refractivity contribution >= 4 is 43.8 Å². The van der Waals surface area contributed by atoms with Crippen LogP contribution in [-0.4, -0.2) is 34.2 Å². The van der Waals surface area contributed by atoms with Gasteiger partial charge < -0.3 is 4.74 Å². The van der Waals surface area contributed by atoms with E-state index in [4.69, 9.17) is 4.74 Å². The number of anilines is 1. The fourth-order valence-electron chi connectivity index (χ4n) is 2.70. The third-order valence-electron chi connectivity index (χ3n) is 4.23. The fourth-order valence-corrected chi connectivity index (χ4v) is 4.52. The Kier molecular flexibility index (Phi) is 7.43. The summed E-state index contributed by atoms with van der Waals surface area (Å²) in [6.07, 6.45) is 1.46. The van der Waals surface area contributed by atoms with Gasteiger partial charge in [0.25, 0.3) is 15.9 Å². The Labute approximate surface area is 189 Å². The molecule has 0 bridgehead atoms. The minimum absolute atomic E-state index is 0.0875. The van der Waals surface area contributed by atoms with Gasteiger partial charge in [-0.15, -0.1) is 0 Å². The number of carbonyl (C=O) groups excluding carboxylic acids is 1. The molecule has 0 aliphatic carbocycles. The topological polar surface area (TPSA) is 88.1 Å². The molecular formula is C22H20BrN3O4S. The summed E-state index contributed by atoms with van der Waals surface area (Å²) in [6.45, 7) is -0.437. The maximum Gasteiger partial charge on any atom is 0.264 e. The van der Waals surface area contributed by atoms with E-state index in [-0.39, 0.29) is 4.90 Å². The highest BCUT2D eigenvalue weighted by Crippen LogP contribution is 2.26. The van der Waals surface area contributed by atoms with Crippen LogP contribution in [0.25, 0.3) is 0 Å². The quantitative estimate of drug-likeness (QED) is 0.375. The summed E-state index contributed by atoms with van der Waals surface area (Å²) in [5, 5.41) is 3.92. The number of rotatable bonds is 8. The normalized spacial score (nSPS) is 11.3. The van der Waals surface area contributed by atoms with E-state index in [1.807, 2.05) is 0 Å². The van der Waals surface area contributed by atoms with Crippen molar-refractivity contribution < 1.29 is 17.9 Å². The lowest BCUT2D eigenvalue weighted by molar-refractivity contribution is -0.119. The van der Waals surface area contributed by atoms with Gasteiger partial charge in [-0.3, -0.25) is 9.10 Å². The Morgan fingerprint density at radius 1 is 1.06 bits per heavy atom. The Hall–Kier alpha value is -3.17. The van der Waals surface area contributed by atoms with Crippen LogP contribution in [0, 0.1) is 0 Å². The van der Waals surface area contributed by atoms with Crippen LogP contribution in [0.2, 0.25) is 0 Å². The number of nitrogens with one attached hydrogen (secondary N) is 1. The molecule has 1 amide bonds. The number of benzene rings is 3. The SMILES string of the molecule is COc1ccc(/C=N/NC(=O)CN(c2cccc(Br)c2)S(=O)(=O)c2ccccc2)cc1. The molecule has 7 nitrogen and oxygen atoms in total. The van der Waals surface area contributed by atoms with E-state index in [2.05, 4.69) is 26.5 Å². The number of hydrogen-bond donors (Lipinski definition) is 1. The summed E-state index contributed by atoms with van der Waals surface area (Å²) in [5.41, 5.74) is 3.49. The van der Waals surface area contributed by atoms with Crippen molar-refractivity contribution in [3.8, 4) is 5.75 Å². The zero-order chi connectivity index (χ0) is 22.3. The van der Waals surface area contributed by atoms with Gasteiger partial charge in [0.05, 0.1) is 23.9 Å². The highest BCUT2D eigenvalue weighted by Gasteiger charge is 2.27. The third kappa shape index (κ3) is 5.93. The van der Waals surface area contributed by atoms with E-state index >= 15 is 0 Å². The average Bonchev–Trinajstić information content (AvgIpc) is 2.78. The fraction of sp³-hybridized carbons (Fsp3) is 0.0909. The number of amides is 1. The number of hydrogen-bond acceptors (Lipinski definition) is 5. The molecule has 0 atom stereocenters. The van der Waals surface area contributed by atoms with E-state index in [9.17, 15) is 13.2 Å². The first kappa shape index (κ1) is 22.5. The minimum Gasteiger partial charge on any atom is -0.497 e.